The average Bonchev–Trinajstić information content (AvgIpc) is 3.30. The van der Waals surface area contributed by atoms with Crippen LogP contribution in [0.5, 0.6) is 0 Å². The molecule has 7 heteroatoms. The largest absolute Gasteiger partial charge is 0.351 e. The van der Waals surface area contributed by atoms with E-state index < -0.39 is 0 Å². The number of amides is 1. The number of carbonyl (C=O) groups is 1. The molecule has 3 rings (SSSR count). The van der Waals surface area contributed by atoms with E-state index in [9.17, 15) is 4.79 Å². The van der Waals surface area contributed by atoms with Gasteiger partial charge in [-0.25, -0.2) is 0 Å². The summed E-state index contributed by atoms with van der Waals surface area (Å²) in [6.45, 7) is 6.43. The smallest absolute Gasteiger partial charge is 0.244 e. The highest BCUT2D eigenvalue weighted by Crippen LogP contribution is 2.30. The Bertz CT molecular complexity index is 668. The first-order chi connectivity index (χ1) is 12.1. The number of carbonyl (C=O) groups excluding carboxylic acids is 1. The number of hydrogen-bond acceptors (Lipinski definition) is 6. The van der Waals surface area contributed by atoms with Crippen LogP contribution in [0, 0.1) is 0 Å². The molecule has 136 valence electrons. The lowest BCUT2D eigenvalue weighted by atomic mass is 10.0. The number of aromatic nitrogens is 2. The van der Waals surface area contributed by atoms with Gasteiger partial charge in [-0.1, -0.05) is 31.5 Å². The lowest BCUT2D eigenvalue weighted by Crippen LogP contribution is -2.36. The standard InChI is InChI=1S/C18H26N4O2S/c1-13(2)17-20-18(24-21-17)15-7-3-4-9-22(15)10-8-16(23)19-12-14-6-5-11-25-14/h5-6,11,13,15H,3-4,7-10,12H2,1-2H3,(H,19,23)/t15-/m0/s1. The van der Waals surface area contributed by atoms with Crippen LogP contribution in [-0.4, -0.2) is 34.0 Å². The van der Waals surface area contributed by atoms with Crippen LogP contribution in [0.2, 0.25) is 0 Å². The van der Waals surface area contributed by atoms with E-state index in [0.717, 1.165) is 38.2 Å². The van der Waals surface area contributed by atoms with Crippen LogP contribution in [0.15, 0.2) is 22.0 Å². The predicted molar refractivity (Wildman–Crippen MR) is 97.3 cm³/mol. The molecule has 1 amide bonds. The molecule has 1 fully saturated rings. The van der Waals surface area contributed by atoms with Crippen molar-refractivity contribution in [2.24, 2.45) is 0 Å². The highest BCUT2D eigenvalue weighted by atomic mass is 32.1. The minimum absolute atomic E-state index is 0.0890. The Morgan fingerprint density at radius 1 is 1.48 bits per heavy atom. The summed E-state index contributed by atoms with van der Waals surface area (Å²) in [6, 6.07) is 4.17. The van der Waals surface area contributed by atoms with Crippen molar-refractivity contribution in [2.45, 2.75) is 58.0 Å². The van der Waals surface area contributed by atoms with Crippen LogP contribution < -0.4 is 5.32 Å². The zero-order chi connectivity index (χ0) is 17.6. The van der Waals surface area contributed by atoms with Gasteiger partial charge in [0.05, 0.1) is 12.6 Å². The monoisotopic (exact) mass is 362 g/mol. The molecule has 25 heavy (non-hydrogen) atoms. The summed E-state index contributed by atoms with van der Waals surface area (Å²) in [5.41, 5.74) is 0. The van der Waals surface area contributed by atoms with Gasteiger partial charge in [-0.2, -0.15) is 4.98 Å². The van der Waals surface area contributed by atoms with Crippen molar-refractivity contribution in [1.82, 2.24) is 20.4 Å². The normalized spacial score (nSPS) is 18.6. The van der Waals surface area contributed by atoms with Crippen LogP contribution in [0.25, 0.3) is 0 Å². The second-order valence-electron chi connectivity index (χ2n) is 6.80. The lowest BCUT2D eigenvalue weighted by molar-refractivity contribution is -0.121. The molecule has 2 aromatic rings. The van der Waals surface area contributed by atoms with Gasteiger partial charge in [-0.15, -0.1) is 11.3 Å². The average molecular weight is 362 g/mol. The van der Waals surface area contributed by atoms with E-state index >= 15 is 0 Å². The Kier molecular flexibility index (Phi) is 6.20. The number of rotatable bonds is 7. The summed E-state index contributed by atoms with van der Waals surface area (Å²) in [5, 5.41) is 9.10. The number of thiophene rings is 1. The highest BCUT2D eigenvalue weighted by Gasteiger charge is 2.29. The van der Waals surface area contributed by atoms with E-state index in [1.54, 1.807) is 11.3 Å². The van der Waals surface area contributed by atoms with E-state index in [0.29, 0.717) is 18.9 Å². The first-order valence-corrected chi connectivity index (χ1v) is 9.88. The SMILES string of the molecule is CC(C)c1noc([C@@H]2CCCCN2CCC(=O)NCc2cccs2)n1. The summed E-state index contributed by atoms with van der Waals surface area (Å²) >= 11 is 1.66. The van der Waals surface area contributed by atoms with Crippen molar-refractivity contribution in [1.29, 1.82) is 0 Å². The Morgan fingerprint density at radius 3 is 3.08 bits per heavy atom. The van der Waals surface area contributed by atoms with Crippen molar-refractivity contribution in [3.8, 4) is 0 Å². The Morgan fingerprint density at radius 2 is 2.36 bits per heavy atom. The Balaban J connectivity index is 1.52. The van der Waals surface area contributed by atoms with E-state index in [1.165, 1.54) is 4.88 Å². The maximum atomic E-state index is 12.1. The number of piperidine rings is 1. The van der Waals surface area contributed by atoms with Gasteiger partial charge in [-0.3, -0.25) is 9.69 Å². The number of likely N-dealkylation sites (tertiary alicyclic amines) is 1. The molecule has 0 bridgehead atoms. The predicted octanol–water partition coefficient (Wildman–Crippen LogP) is 3.49. The molecule has 1 aliphatic rings. The van der Waals surface area contributed by atoms with Crippen LogP contribution in [0.4, 0.5) is 0 Å². The molecule has 2 aromatic heterocycles. The summed E-state index contributed by atoms with van der Waals surface area (Å²) in [6.07, 6.45) is 3.81. The van der Waals surface area contributed by atoms with Gasteiger partial charge in [0.25, 0.3) is 0 Å². The van der Waals surface area contributed by atoms with Crippen molar-refractivity contribution < 1.29 is 9.32 Å². The number of nitrogens with one attached hydrogen (secondary N) is 1. The van der Waals surface area contributed by atoms with E-state index in [4.69, 9.17) is 4.52 Å². The number of hydrogen-bond donors (Lipinski definition) is 1. The van der Waals surface area contributed by atoms with Crippen LogP contribution in [0.1, 0.15) is 68.1 Å². The molecule has 6 nitrogen and oxygen atoms in total. The Hall–Kier alpha value is -1.73. The van der Waals surface area contributed by atoms with E-state index in [-0.39, 0.29) is 17.9 Å². The van der Waals surface area contributed by atoms with Gasteiger partial charge >= 0.3 is 0 Å². The van der Waals surface area contributed by atoms with Crippen molar-refractivity contribution in [3.63, 3.8) is 0 Å². The quantitative estimate of drug-likeness (QED) is 0.816. The highest BCUT2D eigenvalue weighted by molar-refractivity contribution is 7.09. The number of nitrogens with zero attached hydrogens (tertiary/aromatic N) is 3. The molecule has 3 heterocycles. The lowest BCUT2D eigenvalue weighted by Gasteiger charge is -2.33. The fourth-order valence-corrected chi connectivity index (χ4v) is 3.73. The summed E-state index contributed by atoms with van der Waals surface area (Å²) in [5.74, 6) is 1.81. The van der Waals surface area contributed by atoms with Gasteiger partial charge in [0.15, 0.2) is 5.82 Å². The first kappa shape index (κ1) is 18.1. The topological polar surface area (TPSA) is 71.3 Å². The minimum atomic E-state index is 0.0890. The molecule has 0 unspecified atom stereocenters. The van der Waals surface area contributed by atoms with Crippen LogP contribution >= 0.6 is 11.3 Å². The maximum absolute atomic E-state index is 12.1. The second-order valence-corrected chi connectivity index (χ2v) is 7.83. The third-order valence-corrected chi connectivity index (χ3v) is 5.41. The van der Waals surface area contributed by atoms with Crippen LogP contribution in [-0.2, 0) is 11.3 Å². The third kappa shape index (κ3) is 4.89. The molecule has 0 radical (unpaired) electrons. The van der Waals surface area contributed by atoms with Crippen molar-refractivity contribution in [3.05, 3.63) is 34.1 Å². The molecule has 0 aromatic carbocycles. The summed E-state index contributed by atoms with van der Waals surface area (Å²) in [4.78, 5) is 20.2. The molecule has 0 aliphatic carbocycles. The molecule has 1 atom stereocenters. The fraction of sp³-hybridized carbons (Fsp3) is 0.611. The minimum Gasteiger partial charge on any atom is -0.351 e. The van der Waals surface area contributed by atoms with Crippen molar-refractivity contribution >= 4 is 17.2 Å². The summed E-state index contributed by atoms with van der Waals surface area (Å²) < 4.78 is 5.50. The van der Waals surface area contributed by atoms with Crippen LogP contribution in [0.3, 0.4) is 0 Å². The van der Waals surface area contributed by atoms with Gasteiger partial charge < -0.3 is 9.84 Å². The van der Waals surface area contributed by atoms with Gasteiger partial charge in [0.2, 0.25) is 11.8 Å². The van der Waals surface area contributed by atoms with Gasteiger partial charge in [0.1, 0.15) is 0 Å². The van der Waals surface area contributed by atoms with E-state index in [2.05, 4.69) is 34.2 Å². The molecule has 0 spiro atoms. The maximum Gasteiger partial charge on any atom is 0.244 e. The molecule has 0 saturated carbocycles. The third-order valence-electron chi connectivity index (χ3n) is 4.54. The molecule has 1 N–H and O–H groups in total. The zero-order valence-corrected chi connectivity index (χ0v) is 15.7. The zero-order valence-electron chi connectivity index (χ0n) is 14.9. The molecule has 1 saturated heterocycles. The fourth-order valence-electron chi connectivity index (χ4n) is 3.09. The second kappa shape index (κ2) is 8.58. The van der Waals surface area contributed by atoms with Gasteiger partial charge in [0, 0.05) is 23.8 Å². The van der Waals surface area contributed by atoms with Crippen molar-refractivity contribution in [2.75, 3.05) is 13.1 Å². The van der Waals surface area contributed by atoms with Gasteiger partial charge in [-0.05, 0) is 30.8 Å². The van der Waals surface area contributed by atoms with E-state index in [1.807, 2.05) is 17.5 Å². The molecular formula is C18H26N4O2S. The first-order valence-electron chi connectivity index (χ1n) is 9.00. The Labute approximate surface area is 152 Å². The summed E-state index contributed by atoms with van der Waals surface area (Å²) in [7, 11) is 0. The molecule has 1 aliphatic heterocycles. The molecular weight excluding hydrogens is 336 g/mol.